The summed E-state index contributed by atoms with van der Waals surface area (Å²) in [6.45, 7) is 3.12. The molecule has 1 aromatic carbocycles. The summed E-state index contributed by atoms with van der Waals surface area (Å²) in [4.78, 5) is 35.6. The van der Waals surface area contributed by atoms with Crippen LogP contribution in [0.4, 0.5) is 4.39 Å². The van der Waals surface area contributed by atoms with Gasteiger partial charge >= 0.3 is 0 Å². The van der Waals surface area contributed by atoms with Crippen molar-refractivity contribution < 1.29 is 23.8 Å². The number of pyridine rings is 1. The van der Waals surface area contributed by atoms with Crippen LogP contribution in [0.1, 0.15) is 38.2 Å². The molecular formula is C29H31FN4O4S. The molecule has 0 radical (unpaired) electrons. The highest BCUT2D eigenvalue weighted by atomic mass is 32.1. The van der Waals surface area contributed by atoms with Gasteiger partial charge in [-0.15, -0.1) is 11.3 Å². The fourth-order valence-corrected chi connectivity index (χ4v) is 5.52. The molecule has 1 saturated carbocycles. The number of Topliss-reactive ketones (excluding diaryl/α,β-unsaturated/α-hetero) is 1. The molecule has 0 atom stereocenters. The molecule has 1 amide bonds. The molecule has 3 heterocycles. The summed E-state index contributed by atoms with van der Waals surface area (Å²) < 4.78 is 23.5. The van der Waals surface area contributed by atoms with Gasteiger partial charge in [-0.3, -0.25) is 14.6 Å². The van der Waals surface area contributed by atoms with E-state index in [4.69, 9.17) is 4.74 Å². The Balaban J connectivity index is 1.28. The molecule has 0 spiro atoms. The normalized spacial score (nSPS) is 13.1. The molecule has 1 fully saturated rings. The molecule has 1 aliphatic carbocycles. The highest BCUT2D eigenvalue weighted by Crippen LogP contribution is 2.39. The van der Waals surface area contributed by atoms with Crippen LogP contribution in [0.5, 0.6) is 11.5 Å². The number of aromatic nitrogens is 3. The van der Waals surface area contributed by atoms with Crippen LogP contribution >= 0.6 is 11.3 Å². The number of rotatable bonds is 13. The number of halogens is 1. The number of hydrogen-bond donors (Lipinski definition) is 1. The topological polar surface area (TPSA) is 97.6 Å². The lowest BCUT2D eigenvalue weighted by Gasteiger charge is -2.21. The minimum atomic E-state index is -0.510. The van der Waals surface area contributed by atoms with E-state index in [1.54, 1.807) is 35.6 Å². The molecule has 5 rings (SSSR count). The maximum absolute atomic E-state index is 14.9. The SMILES string of the molecule is CCCN(CCn1cnc(-c2cc3nccc(Oc4ccc(CC(=O)CC5CC5)cc4F)c3s2)c1)C(=O)CO. The van der Waals surface area contributed by atoms with Crippen molar-refractivity contribution in [2.24, 2.45) is 5.92 Å². The van der Waals surface area contributed by atoms with Gasteiger partial charge in [-0.2, -0.15) is 0 Å². The Kier molecular flexibility index (Phi) is 8.33. The first kappa shape index (κ1) is 27.0. The molecule has 0 unspecified atom stereocenters. The fraction of sp³-hybridized carbons (Fsp3) is 0.379. The van der Waals surface area contributed by atoms with Gasteiger partial charge in [-0.1, -0.05) is 13.0 Å². The molecule has 3 aromatic heterocycles. The Labute approximate surface area is 230 Å². The van der Waals surface area contributed by atoms with Crippen LogP contribution in [0.15, 0.2) is 49.1 Å². The van der Waals surface area contributed by atoms with Crippen molar-refractivity contribution >= 4 is 33.2 Å². The lowest BCUT2D eigenvalue weighted by Crippen LogP contribution is -2.36. The van der Waals surface area contributed by atoms with Crippen LogP contribution in [-0.2, 0) is 22.6 Å². The van der Waals surface area contributed by atoms with Gasteiger partial charge in [0.15, 0.2) is 11.6 Å². The van der Waals surface area contributed by atoms with Gasteiger partial charge in [0, 0.05) is 50.9 Å². The molecule has 4 aromatic rings. The maximum Gasteiger partial charge on any atom is 0.248 e. The van der Waals surface area contributed by atoms with Crippen molar-refractivity contribution in [1.82, 2.24) is 19.4 Å². The second kappa shape index (κ2) is 12.0. The van der Waals surface area contributed by atoms with Gasteiger partial charge in [0.25, 0.3) is 0 Å². The zero-order chi connectivity index (χ0) is 27.4. The van der Waals surface area contributed by atoms with Gasteiger partial charge in [-0.05, 0) is 48.9 Å². The molecule has 1 N–H and O–H groups in total. The lowest BCUT2D eigenvalue weighted by atomic mass is 10.0. The number of ether oxygens (including phenoxy) is 1. The number of carbonyl (C=O) groups is 2. The number of ketones is 1. The van der Waals surface area contributed by atoms with E-state index in [-0.39, 0.29) is 23.9 Å². The summed E-state index contributed by atoms with van der Waals surface area (Å²) in [6, 6.07) is 8.31. The number of amides is 1. The predicted molar refractivity (Wildman–Crippen MR) is 147 cm³/mol. The molecule has 0 bridgehead atoms. The van der Waals surface area contributed by atoms with E-state index in [2.05, 4.69) is 9.97 Å². The number of hydrogen-bond acceptors (Lipinski definition) is 7. The molecule has 0 saturated heterocycles. The summed E-state index contributed by atoms with van der Waals surface area (Å²) in [5.74, 6) is 0.450. The second-order valence-electron chi connectivity index (χ2n) is 9.90. The van der Waals surface area contributed by atoms with Gasteiger partial charge < -0.3 is 19.3 Å². The second-order valence-corrected chi connectivity index (χ2v) is 11.0. The number of fused-ring (bicyclic) bond motifs is 1. The van der Waals surface area contributed by atoms with Crippen LogP contribution in [0.2, 0.25) is 0 Å². The van der Waals surface area contributed by atoms with Crippen molar-refractivity contribution in [3.8, 4) is 22.1 Å². The third-order valence-corrected chi connectivity index (χ3v) is 7.86. The minimum absolute atomic E-state index is 0.0918. The third kappa shape index (κ3) is 6.69. The highest BCUT2D eigenvalue weighted by Gasteiger charge is 2.24. The van der Waals surface area contributed by atoms with E-state index in [0.717, 1.165) is 34.5 Å². The number of nitrogens with zero attached hydrogens (tertiary/aromatic N) is 4. The molecular weight excluding hydrogens is 519 g/mol. The Hall–Kier alpha value is -3.63. The van der Waals surface area contributed by atoms with Crippen molar-refractivity contribution in [2.75, 3.05) is 19.7 Å². The van der Waals surface area contributed by atoms with E-state index in [1.807, 2.05) is 23.8 Å². The zero-order valence-electron chi connectivity index (χ0n) is 21.8. The molecule has 204 valence electrons. The number of imidazole rings is 1. The molecule has 39 heavy (non-hydrogen) atoms. The number of carbonyl (C=O) groups excluding carboxylic acids is 2. The summed E-state index contributed by atoms with van der Waals surface area (Å²) in [7, 11) is 0. The number of benzene rings is 1. The minimum Gasteiger partial charge on any atom is -0.453 e. The Bertz CT molecular complexity index is 1480. The van der Waals surface area contributed by atoms with Gasteiger partial charge in [-0.25, -0.2) is 9.37 Å². The molecule has 0 aliphatic heterocycles. The van der Waals surface area contributed by atoms with Crippen molar-refractivity contribution in [3.63, 3.8) is 0 Å². The van der Waals surface area contributed by atoms with Crippen molar-refractivity contribution in [3.05, 3.63) is 60.4 Å². The van der Waals surface area contributed by atoms with Crippen LogP contribution in [-0.4, -0.2) is 55.9 Å². The summed E-state index contributed by atoms with van der Waals surface area (Å²) in [5.41, 5.74) is 2.12. The summed E-state index contributed by atoms with van der Waals surface area (Å²) in [6.07, 6.45) is 9.10. The van der Waals surface area contributed by atoms with E-state index in [1.165, 1.54) is 17.4 Å². The van der Waals surface area contributed by atoms with E-state index in [0.29, 0.717) is 48.8 Å². The van der Waals surface area contributed by atoms with Crippen LogP contribution in [0, 0.1) is 11.7 Å². The standard InChI is InChI=1S/C29H31FN4O4S/c1-2-9-34(28(37)17-35)11-10-33-16-24(32-18-33)27-15-23-29(39-27)26(7-8-31-23)38-25-6-5-20(14-22(25)30)13-21(36)12-19-3-4-19/h5-8,14-16,18-19,35H,2-4,9-13,17H2,1H3. The van der Waals surface area contributed by atoms with Crippen molar-refractivity contribution in [1.29, 1.82) is 0 Å². The highest BCUT2D eigenvalue weighted by molar-refractivity contribution is 7.22. The lowest BCUT2D eigenvalue weighted by molar-refractivity contribution is -0.134. The smallest absolute Gasteiger partial charge is 0.248 e. The van der Waals surface area contributed by atoms with Crippen LogP contribution in [0.25, 0.3) is 20.8 Å². The van der Waals surface area contributed by atoms with Gasteiger partial charge in [0.2, 0.25) is 5.91 Å². The summed E-state index contributed by atoms with van der Waals surface area (Å²) in [5, 5.41) is 9.19. The van der Waals surface area contributed by atoms with E-state index >= 15 is 0 Å². The number of aliphatic hydroxyl groups is 1. The van der Waals surface area contributed by atoms with E-state index in [9.17, 15) is 19.1 Å². The third-order valence-electron chi connectivity index (χ3n) is 6.70. The Morgan fingerprint density at radius 2 is 2.03 bits per heavy atom. The van der Waals surface area contributed by atoms with Gasteiger partial charge in [0.05, 0.1) is 27.1 Å². The number of thiophene rings is 1. The maximum atomic E-state index is 14.9. The zero-order valence-corrected chi connectivity index (χ0v) is 22.6. The van der Waals surface area contributed by atoms with E-state index < -0.39 is 12.4 Å². The summed E-state index contributed by atoms with van der Waals surface area (Å²) >= 11 is 1.45. The molecule has 1 aliphatic rings. The largest absolute Gasteiger partial charge is 0.453 e. The first-order chi connectivity index (χ1) is 18.9. The monoisotopic (exact) mass is 550 g/mol. The predicted octanol–water partition coefficient (Wildman–Crippen LogP) is 5.23. The Morgan fingerprint density at radius 3 is 2.77 bits per heavy atom. The first-order valence-corrected chi connectivity index (χ1v) is 14.0. The van der Waals surface area contributed by atoms with Gasteiger partial charge in [0.1, 0.15) is 18.1 Å². The fourth-order valence-electron chi connectivity index (χ4n) is 4.50. The van der Waals surface area contributed by atoms with Crippen LogP contribution < -0.4 is 4.74 Å². The Morgan fingerprint density at radius 1 is 1.18 bits per heavy atom. The quantitative estimate of drug-likeness (QED) is 0.245. The molecule has 8 nitrogen and oxygen atoms in total. The van der Waals surface area contributed by atoms with Crippen LogP contribution in [0.3, 0.4) is 0 Å². The first-order valence-electron chi connectivity index (χ1n) is 13.2. The number of aliphatic hydroxyl groups excluding tert-OH is 1. The average Bonchev–Trinajstić information content (AvgIpc) is 3.42. The molecule has 10 heteroatoms. The average molecular weight is 551 g/mol. The van der Waals surface area contributed by atoms with Crippen molar-refractivity contribution in [2.45, 2.75) is 45.6 Å².